The summed E-state index contributed by atoms with van der Waals surface area (Å²) < 4.78 is 37.6. The van der Waals surface area contributed by atoms with Gasteiger partial charge in [0, 0.05) is 56.1 Å². The van der Waals surface area contributed by atoms with Gasteiger partial charge in [-0.15, -0.1) is 0 Å². The number of nitrogens with zero attached hydrogens (tertiary/aromatic N) is 5. The van der Waals surface area contributed by atoms with Gasteiger partial charge in [0.25, 0.3) is 5.92 Å². The number of aromatic nitrogens is 5. The number of carbonyl (C=O) groups excluding carboxylic acids is 1. The van der Waals surface area contributed by atoms with Crippen molar-refractivity contribution >= 4 is 49.2 Å². The highest BCUT2D eigenvalue weighted by Gasteiger charge is 2.47. The number of rotatable bonds is 8. The topological polar surface area (TPSA) is 128 Å². The van der Waals surface area contributed by atoms with E-state index in [9.17, 15) is 13.6 Å². The Bertz CT molecular complexity index is 1650. The summed E-state index contributed by atoms with van der Waals surface area (Å²) in [5.74, 6) is -1.08. The fourth-order valence-electron chi connectivity index (χ4n) is 4.16. The molecule has 5 aromatic rings. The Morgan fingerprint density at radius 3 is 2.82 bits per heavy atom. The van der Waals surface area contributed by atoms with Crippen molar-refractivity contribution in [3.05, 3.63) is 48.6 Å². The van der Waals surface area contributed by atoms with Crippen LogP contribution in [0.5, 0.6) is 5.88 Å². The molecule has 4 heterocycles. The van der Waals surface area contributed by atoms with Gasteiger partial charge in [0.2, 0.25) is 23.5 Å². The van der Waals surface area contributed by atoms with Gasteiger partial charge in [-0.2, -0.15) is 4.98 Å². The van der Waals surface area contributed by atoms with Crippen LogP contribution in [0.2, 0.25) is 0 Å². The Balaban J connectivity index is 1.09. The number of alkyl halides is 2. The zero-order chi connectivity index (χ0) is 26.3. The smallest absolute Gasteiger partial charge is 0.255 e. The molecule has 1 amide bonds. The predicted octanol–water partition coefficient (Wildman–Crippen LogP) is 5.22. The normalized spacial score (nSPS) is 14.9. The van der Waals surface area contributed by atoms with Crippen LogP contribution in [0, 0.1) is 6.92 Å². The SMILES string of the molecule is Cc1nc(-c2ccc3ccnc(NCCC(=O)Nc4nc5ccnc(OC6CC(F)(F)C6)c5s4)c3c2)no1. The molecule has 194 valence electrons. The van der Waals surface area contributed by atoms with Gasteiger partial charge < -0.3 is 19.9 Å². The molecule has 0 unspecified atom stereocenters. The van der Waals surface area contributed by atoms with Crippen molar-refractivity contribution in [2.24, 2.45) is 0 Å². The van der Waals surface area contributed by atoms with Crippen LogP contribution in [0.1, 0.15) is 25.2 Å². The van der Waals surface area contributed by atoms with Crippen molar-refractivity contribution in [3.63, 3.8) is 0 Å². The maximum absolute atomic E-state index is 13.2. The molecule has 0 radical (unpaired) electrons. The first kappa shape index (κ1) is 24.1. The van der Waals surface area contributed by atoms with E-state index in [1.54, 1.807) is 19.2 Å². The van der Waals surface area contributed by atoms with E-state index in [2.05, 4.69) is 35.7 Å². The lowest BCUT2D eigenvalue weighted by molar-refractivity contribution is -0.135. The second-order valence-corrected chi connectivity index (χ2v) is 9.94. The number of benzene rings is 1. The molecule has 1 aliphatic rings. The molecule has 1 fully saturated rings. The lowest BCUT2D eigenvalue weighted by Gasteiger charge is -2.34. The molecule has 1 saturated carbocycles. The lowest BCUT2D eigenvalue weighted by Crippen LogP contribution is -2.43. The summed E-state index contributed by atoms with van der Waals surface area (Å²) in [6, 6.07) is 9.37. The van der Waals surface area contributed by atoms with Crippen LogP contribution in [0.15, 0.2) is 47.2 Å². The van der Waals surface area contributed by atoms with E-state index < -0.39 is 12.0 Å². The molecule has 1 aromatic carbocycles. The molecular formula is C25H21F2N7O3S. The number of halogens is 2. The van der Waals surface area contributed by atoms with E-state index in [4.69, 9.17) is 9.26 Å². The average Bonchev–Trinajstić information content (AvgIpc) is 3.49. The van der Waals surface area contributed by atoms with Crippen LogP contribution >= 0.6 is 11.3 Å². The molecule has 4 aromatic heterocycles. The number of carbonyl (C=O) groups is 1. The number of ether oxygens (including phenoxy) is 1. The molecule has 2 N–H and O–H groups in total. The Morgan fingerprint density at radius 2 is 2.03 bits per heavy atom. The molecule has 13 heteroatoms. The Morgan fingerprint density at radius 1 is 1.18 bits per heavy atom. The van der Waals surface area contributed by atoms with Gasteiger partial charge in [-0.3, -0.25) is 4.79 Å². The zero-order valence-corrected chi connectivity index (χ0v) is 20.9. The highest BCUT2D eigenvalue weighted by atomic mass is 32.1. The molecule has 0 bridgehead atoms. The summed E-state index contributed by atoms with van der Waals surface area (Å²) in [4.78, 5) is 29.9. The largest absolute Gasteiger partial charge is 0.473 e. The first-order chi connectivity index (χ1) is 18.3. The monoisotopic (exact) mass is 537 g/mol. The summed E-state index contributed by atoms with van der Waals surface area (Å²) in [5.41, 5.74) is 1.37. The fourth-order valence-corrected chi connectivity index (χ4v) is 5.07. The average molecular weight is 538 g/mol. The Labute approximate surface area is 218 Å². The summed E-state index contributed by atoms with van der Waals surface area (Å²) in [6.45, 7) is 2.06. The first-order valence-corrected chi connectivity index (χ1v) is 12.7. The molecule has 0 atom stereocenters. The molecular weight excluding hydrogens is 516 g/mol. The van der Waals surface area contributed by atoms with Crippen LogP contribution in [0.4, 0.5) is 19.7 Å². The van der Waals surface area contributed by atoms with Crippen LogP contribution < -0.4 is 15.4 Å². The summed E-state index contributed by atoms with van der Waals surface area (Å²) in [5, 5.41) is 12.2. The van der Waals surface area contributed by atoms with Crippen LogP contribution in [-0.2, 0) is 4.79 Å². The number of nitrogens with one attached hydrogen (secondary N) is 2. The maximum Gasteiger partial charge on any atom is 0.255 e. The van der Waals surface area contributed by atoms with E-state index in [0.717, 1.165) is 16.3 Å². The molecule has 0 saturated heterocycles. The molecule has 10 nitrogen and oxygen atoms in total. The van der Waals surface area contributed by atoms with Crippen molar-refractivity contribution in [3.8, 4) is 17.3 Å². The van der Waals surface area contributed by atoms with Crippen LogP contribution in [0.25, 0.3) is 32.4 Å². The van der Waals surface area contributed by atoms with Gasteiger partial charge in [0.05, 0.1) is 5.52 Å². The summed E-state index contributed by atoms with van der Waals surface area (Å²) in [7, 11) is 0. The third-order valence-corrected chi connectivity index (χ3v) is 7.02. The number of hydrogen-bond donors (Lipinski definition) is 2. The number of aryl methyl sites for hydroxylation is 1. The second kappa shape index (κ2) is 9.56. The maximum atomic E-state index is 13.2. The second-order valence-electron chi connectivity index (χ2n) is 8.94. The molecule has 1 aliphatic carbocycles. The van der Waals surface area contributed by atoms with Gasteiger partial charge in [-0.25, -0.2) is 23.7 Å². The molecule has 38 heavy (non-hydrogen) atoms. The van der Waals surface area contributed by atoms with Crippen LogP contribution in [-0.4, -0.2) is 49.6 Å². The number of fused-ring (bicyclic) bond motifs is 2. The molecule has 0 spiro atoms. The minimum Gasteiger partial charge on any atom is -0.473 e. The van der Waals surface area contributed by atoms with Gasteiger partial charge in [-0.1, -0.05) is 28.6 Å². The Hall–Kier alpha value is -4.26. The third-order valence-electron chi connectivity index (χ3n) is 6.05. The third kappa shape index (κ3) is 4.96. The minimum absolute atomic E-state index is 0.163. The van der Waals surface area contributed by atoms with Gasteiger partial charge >= 0.3 is 0 Å². The van der Waals surface area contributed by atoms with E-state index in [-0.39, 0.29) is 31.0 Å². The van der Waals surface area contributed by atoms with E-state index >= 15 is 0 Å². The van der Waals surface area contributed by atoms with Crippen molar-refractivity contribution in [1.82, 2.24) is 25.1 Å². The van der Waals surface area contributed by atoms with Gasteiger partial charge in [0.15, 0.2) is 5.13 Å². The van der Waals surface area contributed by atoms with Gasteiger partial charge in [0.1, 0.15) is 16.6 Å². The summed E-state index contributed by atoms with van der Waals surface area (Å²) in [6.07, 6.45) is 2.13. The highest BCUT2D eigenvalue weighted by molar-refractivity contribution is 7.22. The van der Waals surface area contributed by atoms with E-state index in [0.29, 0.717) is 39.4 Å². The lowest BCUT2D eigenvalue weighted by atomic mass is 9.91. The fraction of sp³-hybridized carbons (Fsp3) is 0.280. The highest BCUT2D eigenvalue weighted by Crippen LogP contribution is 2.41. The van der Waals surface area contributed by atoms with E-state index in [1.165, 1.54) is 17.5 Å². The first-order valence-electron chi connectivity index (χ1n) is 11.9. The van der Waals surface area contributed by atoms with Crippen molar-refractivity contribution in [2.45, 2.75) is 38.2 Å². The standard InChI is InChI=1S/C25H21F2N7O3S/c1-13-31-21(34-37-13)15-3-2-14-4-7-28-22(17(14)10-15)29-9-6-19(35)33-24-32-18-5-8-30-23(20(18)38-24)36-16-11-25(26,27)12-16/h2-5,7-8,10,16H,6,9,11-12H2,1H3,(H,28,29)(H,32,33,35). The number of amides is 1. The number of thiazole rings is 1. The number of hydrogen-bond acceptors (Lipinski definition) is 10. The molecule has 6 rings (SSSR count). The van der Waals surface area contributed by atoms with Crippen molar-refractivity contribution < 1.29 is 22.8 Å². The number of pyridine rings is 2. The minimum atomic E-state index is -2.68. The predicted molar refractivity (Wildman–Crippen MR) is 138 cm³/mol. The Kier molecular flexibility index (Phi) is 6.06. The quantitative estimate of drug-likeness (QED) is 0.274. The molecule has 0 aliphatic heterocycles. The summed E-state index contributed by atoms with van der Waals surface area (Å²) >= 11 is 1.19. The van der Waals surface area contributed by atoms with Crippen molar-refractivity contribution in [2.75, 3.05) is 17.2 Å². The van der Waals surface area contributed by atoms with E-state index in [1.807, 2.05) is 24.3 Å². The van der Waals surface area contributed by atoms with Crippen LogP contribution in [0.3, 0.4) is 0 Å². The number of anilines is 2. The zero-order valence-electron chi connectivity index (χ0n) is 20.1. The van der Waals surface area contributed by atoms with Gasteiger partial charge in [-0.05, 0) is 23.6 Å². The van der Waals surface area contributed by atoms with Crippen molar-refractivity contribution in [1.29, 1.82) is 0 Å².